The molecule has 2 aliphatic heterocycles. The summed E-state index contributed by atoms with van der Waals surface area (Å²) in [7, 11) is 0. The van der Waals surface area contributed by atoms with Crippen LogP contribution in [-0.4, -0.2) is 51.2 Å². The SMILES string of the molecule is Cc1cnc(CN2CC3(CCCN(C(=O)c4ccoc4C)C3)CCC2=O)cn1. The molecule has 7 heteroatoms. The minimum atomic E-state index is -0.0441. The van der Waals surface area contributed by atoms with Gasteiger partial charge in [-0.15, -0.1) is 0 Å². The van der Waals surface area contributed by atoms with Crippen LogP contribution in [-0.2, 0) is 11.3 Å². The highest BCUT2D eigenvalue weighted by Crippen LogP contribution is 2.39. The molecule has 2 aromatic heterocycles. The minimum absolute atomic E-state index is 0.0261. The Hall–Kier alpha value is -2.70. The van der Waals surface area contributed by atoms with Gasteiger partial charge in [0.25, 0.3) is 5.91 Å². The minimum Gasteiger partial charge on any atom is -0.469 e. The number of piperidine rings is 2. The molecule has 4 heterocycles. The fourth-order valence-electron chi connectivity index (χ4n) is 4.43. The van der Waals surface area contributed by atoms with E-state index in [4.69, 9.17) is 4.42 Å². The van der Waals surface area contributed by atoms with Crippen LogP contribution in [0.3, 0.4) is 0 Å². The van der Waals surface area contributed by atoms with Gasteiger partial charge in [0.15, 0.2) is 0 Å². The Morgan fingerprint density at radius 2 is 2.07 bits per heavy atom. The standard InChI is InChI=1S/C21H26N4O3/c1-15-10-23-17(11-22-15)12-25-14-21(7-4-19(25)26)6-3-8-24(13-21)20(27)18-5-9-28-16(18)2/h5,9-11H,3-4,6-8,12-14H2,1-2H3. The molecule has 1 spiro atoms. The first-order valence-corrected chi connectivity index (χ1v) is 9.84. The number of furan rings is 1. The van der Waals surface area contributed by atoms with E-state index in [-0.39, 0.29) is 17.2 Å². The van der Waals surface area contributed by atoms with Crippen molar-refractivity contribution in [1.82, 2.24) is 19.8 Å². The molecular formula is C21H26N4O3. The Balaban J connectivity index is 1.48. The number of carbonyl (C=O) groups excluding carboxylic acids is 2. The van der Waals surface area contributed by atoms with Gasteiger partial charge in [-0.25, -0.2) is 0 Å². The molecule has 0 radical (unpaired) electrons. The average Bonchev–Trinajstić information content (AvgIpc) is 3.12. The van der Waals surface area contributed by atoms with Crippen molar-refractivity contribution in [3.8, 4) is 0 Å². The van der Waals surface area contributed by atoms with E-state index in [1.165, 1.54) is 0 Å². The van der Waals surface area contributed by atoms with Gasteiger partial charge >= 0.3 is 0 Å². The molecule has 7 nitrogen and oxygen atoms in total. The zero-order valence-electron chi connectivity index (χ0n) is 16.5. The number of carbonyl (C=O) groups is 2. The van der Waals surface area contributed by atoms with Crippen molar-refractivity contribution in [1.29, 1.82) is 0 Å². The van der Waals surface area contributed by atoms with Crippen molar-refractivity contribution in [2.45, 2.75) is 46.1 Å². The maximum Gasteiger partial charge on any atom is 0.257 e. The van der Waals surface area contributed by atoms with Crippen molar-refractivity contribution in [3.63, 3.8) is 0 Å². The van der Waals surface area contributed by atoms with Crippen LogP contribution in [0.25, 0.3) is 0 Å². The summed E-state index contributed by atoms with van der Waals surface area (Å²) in [5.74, 6) is 0.836. The monoisotopic (exact) mass is 382 g/mol. The van der Waals surface area contributed by atoms with Gasteiger partial charge in [0.1, 0.15) is 5.76 Å². The van der Waals surface area contributed by atoms with Crippen LogP contribution in [0.5, 0.6) is 0 Å². The second-order valence-electron chi connectivity index (χ2n) is 8.12. The first-order chi connectivity index (χ1) is 13.5. The molecule has 0 aromatic carbocycles. The first kappa shape index (κ1) is 18.7. The lowest BCUT2D eigenvalue weighted by Crippen LogP contribution is -2.54. The van der Waals surface area contributed by atoms with E-state index in [2.05, 4.69) is 9.97 Å². The molecule has 148 valence electrons. The summed E-state index contributed by atoms with van der Waals surface area (Å²) in [5.41, 5.74) is 2.25. The molecule has 1 atom stereocenters. The number of aryl methyl sites for hydroxylation is 2. The van der Waals surface area contributed by atoms with Crippen LogP contribution in [0.2, 0.25) is 0 Å². The third kappa shape index (κ3) is 3.66. The van der Waals surface area contributed by atoms with E-state index >= 15 is 0 Å². The van der Waals surface area contributed by atoms with Gasteiger partial charge in [-0.1, -0.05) is 0 Å². The summed E-state index contributed by atoms with van der Waals surface area (Å²) < 4.78 is 5.31. The van der Waals surface area contributed by atoms with Crippen LogP contribution < -0.4 is 0 Å². The lowest BCUT2D eigenvalue weighted by molar-refractivity contribution is -0.139. The molecule has 0 saturated carbocycles. The molecule has 0 N–H and O–H groups in total. The van der Waals surface area contributed by atoms with Gasteiger partial charge in [-0.2, -0.15) is 0 Å². The van der Waals surface area contributed by atoms with Crippen molar-refractivity contribution in [2.75, 3.05) is 19.6 Å². The number of rotatable bonds is 3. The molecule has 2 aromatic rings. The first-order valence-electron chi connectivity index (χ1n) is 9.84. The molecule has 4 rings (SSSR count). The van der Waals surface area contributed by atoms with Gasteiger partial charge in [0, 0.05) is 37.7 Å². The Morgan fingerprint density at radius 3 is 2.79 bits per heavy atom. The Kier molecular flexibility index (Phi) is 4.91. The van der Waals surface area contributed by atoms with Crippen molar-refractivity contribution < 1.29 is 14.0 Å². The summed E-state index contributed by atoms with van der Waals surface area (Å²) >= 11 is 0. The summed E-state index contributed by atoms with van der Waals surface area (Å²) in [6, 6.07) is 1.74. The summed E-state index contributed by atoms with van der Waals surface area (Å²) in [4.78, 5) is 38.0. The van der Waals surface area contributed by atoms with Crippen molar-refractivity contribution in [3.05, 3.63) is 47.4 Å². The zero-order valence-corrected chi connectivity index (χ0v) is 16.5. The van der Waals surface area contributed by atoms with E-state index in [1.54, 1.807) is 24.7 Å². The number of amides is 2. The normalized spacial score (nSPS) is 22.7. The van der Waals surface area contributed by atoms with Crippen LogP contribution in [0.15, 0.2) is 29.1 Å². The molecule has 0 bridgehead atoms. The van der Waals surface area contributed by atoms with Crippen molar-refractivity contribution in [2.24, 2.45) is 5.41 Å². The maximum absolute atomic E-state index is 12.9. The number of hydrogen-bond donors (Lipinski definition) is 0. The third-order valence-electron chi connectivity index (χ3n) is 5.97. The Labute approximate surface area is 164 Å². The molecule has 1 unspecified atom stereocenters. The van der Waals surface area contributed by atoms with Gasteiger partial charge in [0.2, 0.25) is 5.91 Å². The van der Waals surface area contributed by atoms with E-state index in [0.717, 1.165) is 37.2 Å². The predicted molar refractivity (Wildman–Crippen MR) is 102 cm³/mol. The number of likely N-dealkylation sites (tertiary alicyclic amines) is 2. The summed E-state index contributed by atoms with van der Waals surface area (Å²) in [6.45, 7) is 6.28. The van der Waals surface area contributed by atoms with Crippen LogP contribution >= 0.6 is 0 Å². The topological polar surface area (TPSA) is 79.5 Å². The zero-order chi connectivity index (χ0) is 19.7. The van der Waals surface area contributed by atoms with E-state index in [9.17, 15) is 9.59 Å². The fraction of sp³-hybridized carbons (Fsp3) is 0.524. The quantitative estimate of drug-likeness (QED) is 0.815. The van der Waals surface area contributed by atoms with E-state index in [0.29, 0.717) is 37.4 Å². The summed E-state index contributed by atoms with van der Waals surface area (Å²) in [6.07, 6.45) is 8.36. The molecule has 0 aliphatic carbocycles. The van der Waals surface area contributed by atoms with Crippen LogP contribution in [0, 0.1) is 19.3 Å². The molecule has 2 amide bonds. The largest absolute Gasteiger partial charge is 0.469 e. The number of hydrogen-bond acceptors (Lipinski definition) is 5. The number of aromatic nitrogens is 2. The number of nitrogens with zero attached hydrogens (tertiary/aromatic N) is 4. The highest BCUT2D eigenvalue weighted by atomic mass is 16.3. The van der Waals surface area contributed by atoms with Gasteiger partial charge in [-0.3, -0.25) is 19.6 Å². The highest BCUT2D eigenvalue weighted by molar-refractivity contribution is 5.95. The molecular weight excluding hydrogens is 356 g/mol. The van der Waals surface area contributed by atoms with E-state index in [1.807, 2.05) is 23.6 Å². The lowest BCUT2D eigenvalue weighted by atomic mass is 9.73. The predicted octanol–water partition coefficient (Wildman–Crippen LogP) is 2.73. The van der Waals surface area contributed by atoms with E-state index < -0.39 is 0 Å². The van der Waals surface area contributed by atoms with Gasteiger partial charge < -0.3 is 14.2 Å². The van der Waals surface area contributed by atoms with Crippen LogP contribution in [0.4, 0.5) is 0 Å². The second-order valence-corrected chi connectivity index (χ2v) is 8.12. The Morgan fingerprint density at radius 1 is 1.21 bits per heavy atom. The molecule has 2 saturated heterocycles. The molecule has 2 aliphatic rings. The van der Waals surface area contributed by atoms with Crippen LogP contribution in [0.1, 0.15) is 53.2 Å². The van der Waals surface area contributed by atoms with Gasteiger partial charge in [0.05, 0.1) is 36.0 Å². The summed E-state index contributed by atoms with van der Waals surface area (Å²) in [5, 5.41) is 0. The van der Waals surface area contributed by atoms with Crippen molar-refractivity contribution >= 4 is 11.8 Å². The smallest absolute Gasteiger partial charge is 0.257 e. The molecule has 2 fully saturated rings. The second kappa shape index (κ2) is 7.37. The third-order valence-corrected chi connectivity index (χ3v) is 5.97. The highest BCUT2D eigenvalue weighted by Gasteiger charge is 2.43. The van der Waals surface area contributed by atoms with Gasteiger partial charge in [-0.05, 0) is 39.2 Å². The average molecular weight is 382 g/mol. The molecule has 28 heavy (non-hydrogen) atoms. The fourth-order valence-corrected chi connectivity index (χ4v) is 4.43. The Bertz CT molecular complexity index is 876. The lowest BCUT2D eigenvalue weighted by Gasteiger charge is -2.48. The maximum atomic E-state index is 12.9.